The van der Waals surface area contributed by atoms with E-state index in [1.165, 1.54) is 0 Å². The van der Waals surface area contributed by atoms with Crippen LogP contribution in [-0.4, -0.2) is 42.9 Å². The molecule has 0 saturated carbocycles. The Kier molecular flexibility index (Phi) is 9.55. The van der Waals surface area contributed by atoms with Crippen LogP contribution in [0.5, 0.6) is 0 Å². The average Bonchev–Trinajstić information content (AvgIpc) is 0.811. The van der Waals surface area contributed by atoms with Gasteiger partial charge in [0.1, 0.15) is 0 Å². The molecule has 0 heterocycles. The molecule has 0 radical (unpaired) electrons. The van der Waals surface area contributed by atoms with Gasteiger partial charge >= 0.3 is 29.6 Å². The van der Waals surface area contributed by atoms with E-state index in [-0.39, 0.29) is 29.6 Å². The summed E-state index contributed by atoms with van der Waals surface area (Å²) in [6, 6.07) is 0. The first kappa shape index (κ1) is 9.42. The van der Waals surface area contributed by atoms with Gasteiger partial charge in [-0.2, -0.15) is 4.21 Å². The molecule has 5 heavy (non-hydrogen) atoms. The number of hydrogen-bond acceptors (Lipinski definition) is 1. The Morgan fingerprint density at radius 3 is 1.40 bits per heavy atom. The van der Waals surface area contributed by atoms with Crippen LogP contribution in [0.1, 0.15) is 0 Å². The SMILES string of the molecule is O=S(O)O.[NaH]. The monoisotopic (exact) mass is 106 g/mol. The molecule has 0 bridgehead atoms. The van der Waals surface area contributed by atoms with E-state index in [2.05, 4.69) is 0 Å². The first-order valence-corrected chi connectivity index (χ1v) is 1.60. The molecule has 0 rings (SSSR count). The van der Waals surface area contributed by atoms with Crippen molar-refractivity contribution in [1.29, 1.82) is 0 Å². The third-order valence-electron chi connectivity index (χ3n) is 0. The summed E-state index contributed by atoms with van der Waals surface area (Å²) in [5.41, 5.74) is 0. The van der Waals surface area contributed by atoms with Crippen molar-refractivity contribution in [3.63, 3.8) is 0 Å². The van der Waals surface area contributed by atoms with E-state index in [1.807, 2.05) is 0 Å². The van der Waals surface area contributed by atoms with Crippen LogP contribution < -0.4 is 0 Å². The van der Waals surface area contributed by atoms with Crippen molar-refractivity contribution in [3.05, 3.63) is 0 Å². The molecule has 5 heteroatoms. The molecule has 3 nitrogen and oxygen atoms in total. The fourth-order valence-electron chi connectivity index (χ4n) is 0. The molecule has 0 aromatic carbocycles. The van der Waals surface area contributed by atoms with Gasteiger partial charge in [-0.3, -0.25) is 9.11 Å². The van der Waals surface area contributed by atoms with Gasteiger partial charge in [-0.15, -0.1) is 0 Å². The van der Waals surface area contributed by atoms with Crippen LogP contribution in [0, 0.1) is 0 Å². The normalized spacial score (nSPS) is 7.00. The summed E-state index contributed by atoms with van der Waals surface area (Å²) in [4.78, 5) is 0. The predicted molar refractivity (Wildman–Crippen MR) is 20.5 cm³/mol. The van der Waals surface area contributed by atoms with Crippen LogP contribution in [0.15, 0.2) is 0 Å². The molecule has 0 unspecified atom stereocenters. The zero-order chi connectivity index (χ0) is 3.58. The second-order valence-electron chi connectivity index (χ2n) is 0.231. The first-order chi connectivity index (χ1) is 1.73. The van der Waals surface area contributed by atoms with Crippen molar-refractivity contribution in [3.8, 4) is 0 Å². The molecule has 0 atom stereocenters. The zero-order valence-corrected chi connectivity index (χ0v) is 2.53. The van der Waals surface area contributed by atoms with Crippen LogP contribution in [-0.2, 0) is 11.4 Å². The van der Waals surface area contributed by atoms with Crippen molar-refractivity contribution < 1.29 is 13.3 Å². The van der Waals surface area contributed by atoms with E-state index in [9.17, 15) is 0 Å². The Morgan fingerprint density at radius 2 is 1.40 bits per heavy atom. The molecule has 0 aliphatic rings. The van der Waals surface area contributed by atoms with Crippen molar-refractivity contribution in [1.82, 2.24) is 0 Å². The summed E-state index contributed by atoms with van der Waals surface area (Å²) >= 11 is -2.61. The van der Waals surface area contributed by atoms with Crippen molar-refractivity contribution in [2.75, 3.05) is 0 Å². The van der Waals surface area contributed by atoms with E-state index in [4.69, 9.17) is 13.3 Å². The van der Waals surface area contributed by atoms with Crippen LogP contribution >= 0.6 is 0 Å². The molecule has 0 spiro atoms. The maximum absolute atomic E-state index is 8.67. The van der Waals surface area contributed by atoms with Crippen molar-refractivity contribution in [2.24, 2.45) is 0 Å². The van der Waals surface area contributed by atoms with Gasteiger partial charge in [0, 0.05) is 0 Å². The Bertz CT molecular complexity index is 29.9. The second kappa shape index (κ2) is 5.07. The van der Waals surface area contributed by atoms with Crippen LogP contribution in [0.4, 0.5) is 0 Å². The van der Waals surface area contributed by atoms with E-state index < -0.39 is 11.4 Å². The summed E-state index contributed by atoms with van der Waals surface area (Å²) in [6.07, 6.45) is 0. The van der Waals surface area contributed by atoms with Gasteiger partial charge in [0.05, 0.1) is 0 Å². The van der Waals surface area contributed by atoms with Crippen molar-refractivity contribution >= 4 is 40.9 Å². The Labute approximate surface area is 54.2 Å². The molecular formula is H3NaO3S. The summed E-state index contributed by atoms with van der Waals surface area (Å²) in [5, 5.41) is 0. The van der Waals surface area contributed by atoms with Crippen LogP contribution in [0.25, 0.3) is 0 Å². The molecule has 28 valence electrons. The maximum atomic E-state index is 8.67. The van der Waals surface area contributed by atoms with Crippen LogP contribution in [0.2, 0.25) is 0 Å². The topological polar surface area (TPSA) is 57.5 Å². The summed E-state index contributed by atoms with van der Waals surface area (Å²) in [5.74, 6) is 0. The van der Waals surface area contributed by atoms with E-state index in [1.54, 1.807) is 0 Å². The van der Waals surface area contributed by atoms with Gasteiger partial charge in [0.2, 0.25) is 0 Å². The molecular weight excluding hydrogens is 103 g/mol. The Hall–Kier alpha value is 1.07. The molecule has 0 saturated heterocycles. The Morgan fingerprint density at radius 1 is 1.40 bits per heavy atom. The van der Waals surface area contributed by atoms with E-state index >= 15 is 0 Å². The molecule has 0 fully saturated rings. The fraction of sp³-hybridized carbons (Fsp3) is 0. The van der Waals surface area contributed by atoms with Gasteiger partial charge in [-0.25, -0.2) is 0 Å². The quantitative estimate of drug-likeness (QED) is 0.308. The minimum absolute atomic E-state index is 0. The molecule has 2 N–H and O–H groups in total. The fourth-order valence-corrected chi connectivity index (χ4v) is 0. The second-order valence-corrected chi connectivity index (χ2v) is 0.692. The molecule has 0 amide bonds. The minimum atomic E-state index is -2.61. The Balaban J connectivity index is 0. The summed E-state index contributed by atoms with van der Waals surface area (Å²) in [6.45, 7) is 0. The van der Waals surface area contributed by atoms with E-state index in [0.717, 1.165) is 0 Å². The van der Waals surface area contributed by atoms with Gasteiger partial charge < -0.3 is 0 Å². The van der Waals surface area contributed by atoms with Gasteiger partial charge in [0.15, 0.2) is 0 Å². The first-order valence-electron chi connectivity index (χ1n) is 0.532. The molecule has 0 aliphatic carbocycles. The number of hydrogen-bond donors (Lipinski definition) is 2. The summed E-state index contributed by atoms with van der Waals surface area (Å²) < 4.78 is 22.8. The molecule has 0 aromatic rings. The van der Waals surface area contributed by atoms with Crippen LogP contribution in [0.3, 0.4) is 0 Å². The third kappa shape index (κ3) is 41.7. The molecule has 0 aromatic heterocycles. The average molecular weight is 106 g/mol. The standard InChI is InChI=1S/Na.H2O3S.H/c;1-4(2)3;/h;(H2,1,2,3);. The predicted octanol–water partition coefficient (Wildman–Crippen LogP) is -0.967. The third-order valence-corrected chi connectivity index (χ3v) is 0. The number of rotatable bonds is 0. The van der Waals surface area contributed by atoms with Gasteiger partial charge in [-0.05, 0) is 0 Å². The van der Waals surface area contributed by atoms with Crippen molar-refractivity contribution in [2.45, 2.75) is 0 Å². The summed E-state index contributed by atoms with van der Waals surface area (Å²) in [7, 11) is 0. The van der Waals surface area contributed by atoms with E-state index in [0.29, 0.717) is 0 Å². The molecule has 0 aliphatic heterocycles. The zero-order valence-electron chi connectivity index (χ0n) is 1.71. The van der Waals surface area contributed by atoms with Gasteiger partial charge in [0.25, 0.3) is 11.4 Å². The van der Waals surface area contributed by atoms with Gasteiger partial charge in [-0.1, -0.05) is 0 Å².